The lowest BCUT2D eigenvalue weighted by Gasteiger charge is -2.08. The number of hydrogen-bond donors (Lipinski definition) is 1. The first-order valence-electron chi connectivity index (χ1n) is 8.90. The van der Waals surface area contributed by atoms with Crippen LogP contribution in [0.3, 0.4) is 0 Å². The molecule has 7 heteroatoms. The maximum Gasteiger partial charge on any atom is 0.270 e. The Morgan fingerprint density at radius 1 is 0.966 bits per heavy atom. The monoisotopic (exact) mass is 390 g/mol. The van der Waals surface area contributed by atoms with E-state index in [1.807, 2.05) is 0 Å². The summed E-state index contributed by atoms with van der Waals surface area (Å²) >= 11 is 0. The number of nitrogens with zero attached hydrogens (tertiary/aromatic N) is 3. The summed E-state index contributed by atoms with van der Waals surface area (Å²) < 4.78 is 28.9. The molecule has 0 aliphatic rings. The van der Waals surface area contributed by atoms with E-state index in [1.54, 1.807) is 42.7 Å². The van der Waals surface area contributed by atoms with Gasteiger partial charge in [-0.05, 0) is 60.2 Å². The standard InChI is InChI=1S/C22H16F2N4O/c23-16-5-7-17(8-6-16)28-21(22(29)26-14-15-9-11-25-12-10-15)13-20(27-28)18-3-1-2-4-19(18)24/h1-13H,14H2,(H,26,29). The molecule has 0 atom stereocenters. The van der Waals surface area contributed by atoms with E-state index in [1.165, 1.54) is 41.1 Å². The van der Waals surface area contributed by atoms with Crippen LogP contribution in [-0.4, -0.2) is 20.7 Å². The number of benzene rings is 2. The normalized spacial score (nSPS) is 10.7. The van der Waals surface area contributed by atoms with Crippen LogP contribution >= 0.6 is 0 Å². The van der Waals surface area contributed by atoms with Gasteiger partial charge in [0.1, 0.15) is 17.3 Å². The molecule has 1 amide bonds. The van der Waals surface area contributed by atoms with Crippen LogP contribution < -0.4 is 5.32 Å². The predicted molar refractivity (Wildman–Crippen MR) is 104 cm³/mol. The fourth-order valence-electron chi connectivity index (χ4n) is 2.90. The van der Waals surface area contributed by atoms with E-state index in [0.717, 1.165) is 5.56 Å². The van der Waals surface area contributed by atoms with Crippen LogP contribution in [0.1, 0.15) is 16.1 Å². The highest BCUT2D eigenvalue weighted by Gasteiger charge is 2.19. The fraction of sp³-hybridized carbons (Fsp3) is 0.0455. The molecule has 0 spiro atoms. The third-order valence-electron chi connectivity index (χ3n) is 4.37. The molecule has 0 fully saturated rings. The average Bonchev–Trinajstić information content (AvgIpc) is 3.19. The summed E-state index contributed by atoms with van der Waals surface area (Å²) in [7, 11) is 0. The molecule has 0 saturated carbocycles. The van der Waals surface area contributed by atoms with Crippen molar-refractivity contribution in [1.29, 1.82) is 0 Å². The van der Waals surface area contributed by atoms with E-state index in [0.29, 0.717) is 17.9 Å². The molecule has 0 aliphatic carbocycles. The summed E-state index contributed by atoms with van der Waals surface area (Å²) in [5.74, 6) is -1.24. The van der Waals surface area contributed by atoms with Crippen LogP contribution in [0.15, 0.2) is 79.1 Å². The van der Waals surface area contributed by atoms with Gasteiger partial charge in [0.05, 0.1) is 11.4 Å². The lowest BCUT2D eigenvalue weighted by atomic mass is 10.1. The summed E-state index contributed by atoms with van der Waals surface area (Å²) in [5, 5.41) is 7.22. The third-order valence-corrected chi connectivity index (χ3v) is 4.37. The molecule has 2 aromatic carbocycles. The molecular weight excluding hydrogens is 374 g/mol. The zero-order chi connectivity index (χ0) is 20.2. The van der Waals surface area contributed by atoms with Gasteiger partial charge in [-0.15, -0.1) is 0 Å². The van der Waals surface area contributed by atoms with Gasteiger partial charge in [-0.1, -0.05) is 12.1 Å². The van der Waals surface area contributed by atoms with E-state index >= 15 is 0 Å². The second-order valence-corrected chi connectivity index (χ2v) is 6.32. The number of aromatic nitrogens is 3. The number of pyridine rings is 1. The van der Waals surface area contributed by atoms with Crippen molar-refractivity contribution in [3.63, 3.8) is 0 Å². The molecule has 2 aromatic heterocycles. The molecule has 0 unspecified atom stereocenters. The van der Waals surface area contributed by atoms with Crippen LogP contribution in [0.4, 0.5) is 8.78 Å². The molecule has 4 aromatic rings. The summed E-state index contributed by atoms with van der Waals surface area (Å²) in [4.78, 5) is 16.8. The maximum absolute atomic E-state index is 14.2. The average molecular weight is 390 g/mol. The molecule has 0 saturated heterocycles. The molecule has 0 bridgehead atoms. The SMILES string of the molecule is O=C(NCc1ccncc1)c1cc(-c2ccccc2F)nn1-c1ccc(F)cc1. The highest BCUT2D eigenvalue weighted by molar-refractivity contribution is 5.94. The zero-order valence-electron chi connectivity index (χ0n) is 15.2. The van der Waals surface area contributed by atoms with Crippen molar-refractivity contribution in [2.75, 3.05) is 0 Å². The Balaban J connectivity index is 1.71. The van der Waals surface area contributed by atoms with Gasteiger partial charge < -0.3 is 5.32 Å². The van der Waals surface area contributed by atoms with Crippen molar-refractivity contribution in [2.45, 2.75) is 6.54 Å². The Bertz CT molecular complexity index is 1140. The minimum atomic E-state index is -0.444. The third kappa shape index (κ3) is 4.03. The molecule has 4 rings (SSSR count). The first-order chi connectivity index (χ1) is 14.1. The molecule has 1 N–H and O–H groups in total. The van der Waals surface area contributed by atoms with Crippen molar-refractivity contribution >= 4 is 5.91 Å². The van der Waals surface area contributed by atoms with Gasteiger partial charge >= 0.3 is 0 Å². The van der Waals surface area contributed by atoms with Gasteiger partial charge in [-0.25, -0.2) is 13.5 Å². The van der Waals surface area contributed by atoms with E-state index in [9.17, 15) is 13.6 Å². The molecule has 0 aliphatic heterocycles. The van der Waals surface area contributed by atoms with Crippen molar-refractivity contribution < 1.29 is 13.6 Å². The molecule has 0 radical (unpaired) electrons. The van der Waals surface area contributed by atoms with Crippen molar-refractivity contribution in [3.05, 3.63) is 102 Å². The van der Waals surface area contributed by atoms with Crippen LogP contribution in [0.5, 0.6) is 0 Å². The predicted octanol–water partition coefficient (Wildman–Crippen LogP) is 4.14. The van der Waals surface area contributed by atoms with Crippen molar-refractivity contribution in [3.8, 4) is 16.9 Å². The van der Waals surface area contributed by atoms with Gasteiger partial charge in [0.25, 0.3) is 5.91 Å². The number of carbonyl (C=O) groups excluding carboxylic acids is 1. The summed E-state index contributed by atoms with van der Waals surface area (Å²) in [5.41, 5.74) is 2.17. The number of carbonyl (C=O) groups is 1. The van der Waals surface area contributed by atoms with E-state index in [-0.39, 0.29) is 17.2 Å². The van der Waals surface area contributed by atoms with Crippen LogP contribution in [-0.2, 0) is 6.54 Å². The first-order valence-corrected chi connectivity index (χ1v) is 8.90. The number of amides is 1. The highest BCUT2D eigenvalue weighted by atomic mass is 19.1. The van der Waals surface area contributed by atoms with Crippen LogP contribution in [0, 0.1) is 11.6 Å². The van der Waals surface area contributed by atoms with E-state index in [2.05, 4.69) is 15.4 Å². The quantitative estimate of drug-likeness (QED) is 0.557. The Labute approximate surface area is 165 Å². The Morgan fingerprint density at radius 3 is 2.41 bits per heavy atom. The second kappa shape index (κ2) is 8.02. The topological polar surface area (TPSA) is 59.8 Å². The number of hydrogen-bond acceptors (Lipinski definition) is 3. The van der Waals surface area contributed by atoms with Gasteiger partial charge in [0.15, 0.2) is 0 Å². The molecule has 5 nitrogen and oxygen atoms in total. The van der Waals surface area contributed by atoms with Gasteiger partial charge in [-0.3, -0.25) is 9.78 Å². The molecule has 2 heterocycles. The summed E-state index contributed by atoms with van der Waals surface area (Å²) in [6, 6.07) is 16.9. The van der Waals surface area contributed by atoms with Crippen molar-refractivity contribution in [1.82, 2.24) is 20.1 Å². The minimum absolute atomic E-state index is 0.212. The smallest absolute Gasteiger partial charge is 0.270 e. The summed E-state index contributed by atoms with van der Waals surface area (Å²) in [6.45, 7) is 0.297. The Hall–Kier alpha value is -3.87. The number of rotatable bonds is 5. The minimum Gasteiger partial charge on any atom is -0.347 e. The fourth-order valence-corrected chi connectivity index (χ4v) is 2.90. The van der Waals surface area contributed by atoms with E-state index in [4.69, 9.17) is 0 Å². The second-order valence-electron chi connectivity index (χ2n) is 6.32. The number of halogens is 2. The highest BCUT2D eigenvalue weighted by Crippen LogP contribution is 2.24. The van der Waals surface area contributed by atoms with E-state index < -0.39 is 11.6 Å². The maximum atomic E-state index is 14.2. The largest absolute Gasteiger partial charge is 0.347 e. The summed E-state index contributed by atoms with van der Waals surface area (Å²) in [6.07, 6.45) is 3.28. The van der Waals surface area contributed by atoms with Gasteiger partial charge in [-0.2, -0.15) is 5.10 Å². The zero-order valence-corrected chi connectivity index (χ0v) is 15.2. The molecular formula is C22H16F2N4O. The lowest BCUT2D eigenvalue weighted by molar-refractivity contribution is 0.0943. The van der Waals surface area contributed by atoms with Crippen LogP contribution in [0.25, 0.3) is 16.9 Å². The van der Waals surface area contributed by atoms with Crippen LogP contribution in [0.2, 0.25) is 0 Å². The Morgan fingerprint density at radius 2 is 1.69 bits per heavy atom. The van der Waals surface area contributed by atoms with Crippen molar-refractivity contribution in [2.24, 2.45) is 0 Å². The molecule has 144 valence electrons. The first kappa shape index (κ1) is 18.5. The lowest BCUT2D eigenvalue weighted by Crippen LogP contribution is -2.25. The van der Waals surface area contributed by atoms with Gasteiger partial charge in [0.2, 0.25) is 0 Å². The van der Waals surface area contributed by atoms with Gasteiger partial charge in [0, 0.05) is 24.5 Å². The number of nitrogens with one attached hydrogen (secondary N) is 1. The Kier molecular flexibility index (Phi) is 5.11. The molecule has 29 heavy (non-hydrogen) atoms.